The van der Waals surface area contributed by atoms with Gasteiger partial charge in [0.05, 0.1) is 12.2 Å². The third-order valence-corrected chi connectivity index (χ3v) is 5.07. The maximum absolute atomic E-state index is 13.1. The molecule has 3 rings (SSSR count). The third-order valence-electron chi connectivity index (χ3n) is 5.07. The Morgan fingerprint density at radius 1 is 1.18 bits per heavy atom. The van der Waals surface area contributed by atoms with Crippen LogP contribution in [0.2, 0.25) is 0 Å². The molecule has 0 aliphatic carbocycles. The molecule has 0 saturated carbocycles. The zero-order valence-electron chi connectivity index (χ0n) is 16.5. The summed E-state index contributed by atoms with van der Waals surface area (Å²) in [6.07, 6.45) is 5.72. The number of nitrogens with one attached hydrogen (secondary N) is 1. The summed E-state index contributed by atoms with van der Waals surface area (Å²) in [5.74, 6) is 0.826. The van der Waals surface area contributed by atoms with E-state index in [0.717, 1.165) is 55.8 Å². The molecule has 2 aromatic rings. The van der Waals surface area contributed by atoms with Gasteiger partial charge in [0.15, 0.2) is 6.61 Å². The molecule has 1 aliphatic heterocycles. The van der Waals surface area contributed by atoms with Gasteiger partial charge in [0.2, 0.25) is 0 Å². The van der Waals surface area contributed by atoms with Gasteiger partial charge in [-0.3, -0.25) is 9.78 Å². The largest absolute Gasteiger partial charge is 0.483 e. The van der Waals surface area contributed by atoms with E-state index >= 15 is 0 Å². The molecule has 5 nitrogen and oxygen atoms in total. The zero-order valence-corrected chi connectivity index (χ0v) is 17.3. The summed E-state index contributed by atoms with van der Waals surface area (Å²) in [6, 6.07) is 14.0. The maximum atomic E-state index is 13.1. The topological polar surface area (TPSA) is 54.5 Å². The zero-order chi connectivity index (χ0) is 18.9. The number of nitrogens with zero attached hydrogens (tertiary/aromatic N) is 2. The predicted octanol–water partition coefficient (Wildman–Crippen LogP) is 3.62. The Labute approximate surface area is 173 Å². The van der Waals surface area contributed by atoms with Gasteiger partial charge < -0.3 is 15.0 Å². The number of pyridine rings is 1. The van der Waals surface area contributed by atoms with E-state index in [9.17, 15) is 4.79 Å². The quantitative estimate of drug-likeness (QED) is 0.767. The second kappa shape index (κ2) is 11.7. The minimum absolute atomic E-state index is 0. The summed E-state index contributed by atoms with van der Waals surface area (Å²) in [4.78, 5) is 19.5. The van der Waals surface area contributed by atoms with Crippen molar-refractivity contribution in [3.05, 3.63) is 59.9 Å². The predicted molar refractivity (Wildman–Crippen MR) is 114 cm³/mol. The van der Waals surface area contributed by atoms with Gasteiger partial charge in [0.1, 0.15) is 5.75 Å². The molecule has 1 fully saturated rings. The van der Waals surface area contributed by atoms with Crippen LogP contribution in [0.1, 0.15) is 37.4 Å². The monoisotopic (exact) mass is 403 g/mol. The number of carbonyl (C=O) groups is 1. The van der Waals surface area contributed by atoms with Gasteiger partial charge in [-0.25, -0.2) is 0 Å². The molecule has 2 heterocycles. The van der Waals surface area contributed by atoms with Crippen molar-refractivity contribution in [2.24, 2.45) is 0 Å². The Bertz CT molecular complexity index is 719. The molecular formula is C22H30ClN3O2. The molecular weight excluding hydrogens is 374 g/mol. The summed E-state index contributed by atoms with van der Waals surface area (Å²) >= 11 is 0. The lowest BCUT2D eigenvalue weighted by atomic mass is 10.1. The highest BCUT2D eigenvalue weighted by molar-refractivity contribution is 5.85. The molecule has 0 bridgehead atoms. The van der Waals surface area contributed by atoms with Crippen LogP contribution >= 0.6 is 12.4 Å². The normalized spacial score (nSPS) is 16.5. The number of rotatable bonds is 7. The first kappa shape index (κ1) is 22.2. The van der Waals surface area contributed by atoms with Crippen LogP contribution in [0, 0.1) is 0 Å². The van der Waals surface area contributed by atoms with Gasteiger partial charge in [0.25, 0.3) is 5.91 Å². The average molecular weight is 404 g/mol. The standard InChI is InChI=1S/C22H29N3O2.ClH/c1-2-18-8-3-4-11-21(18)27-17-22(26)25(16-19-9-5-6-14-24-19)20-10-7-13-23-15-12-20;/h3-6,8-9,11,14,20,23H,2,7,10,12-13,15-17H2,1H3;1H. The number of ether oxygens (including phenoxy) is 1. The van der Waals surface area contributed by atoms with E-state index in [1.54, 1.807) is 6.20 Å². The van der Waals surface area contributed by atoms with Crippen molar-refractivity contribution in [1.29, 1.82) is 0 Å². The van der Waals surface area contributed by atoms with Crippen molar-refractivity contribution in [3.8, 4) is 5.75 Å². The van der Waals surface area contributed by atoms with Crippen molar-refractivity contribution < 1.29 is 9.53 Å². The van der Waals surface area contributed by atoms with Gasteiger partial charge in [-0.15, -0.1) is 12.4 Å². The molecule has 152 valence electrons. The molecule has 1 atom stereocenters. The van der Waals surface area contributed by atoms with Crippen LogP contribution < -0.4 is 10.1 Å². The first-order chi connectivity index (χ1) is 13.3. The Kier molecular flexibility index (Phi) is 9.24. The van der Waals surface area contributed by atoms with Crippen molar-refractivity contribution in [3.63, 3.8) is 0 Å². The van der Waals surface area contributed by atoms with Gasteiger partial charge in [0, 0.05) is 12.2 Å². The van der Waals surface area contributed by atoms with E-state index in [1.165, 1.54) is 0 Å². The smallest absolute Gasteiger partial charge is 0.261 e. The molecule has 0 spiro atoms. The summed E-state index contributed by atoms with van der Waals surface area (Å²) in [5, 5.41) is 3.42. The summed E-state index contributed by atoms with van der Waals surface area (Å²) in [5.41, 5.74) is 2.04. The fraction of sp³-hybridized carbons (Fsp3) is 0.455. The van der Waals surface area contributed by atoms with Crippen LogP contribution in [0.3, 0.4) is 0 Å². The molecule has 1 saturated heterocycles. The SMILES string of the molecule is CCc1ccccc1OCC(=O)N(Cc1ccccn1)C1CCCNCC1.Cl. The van der Waals surface area contributed by atoms with E-state index in [-0.39, 0.29) is 31.0 Å². The van der Waals surface area contributed by atoms with Crippen LogP contribution in [0.15, 0.2) is 48.7 Å². The lowest BCUT2D eigenvalue weighted by Crippen LogP contribution is -2.43. The number of carbonyl (C=O) groups excluding carboxylic acids is 1. The summed E-state index contributed by atoms with van der Waals surface area (Å²) in [6.45, 7) is 4.64. The van der Waals surface area contributed by atoms with Crippen LogP contribution in [0.25, 0.3) is 0 Å². The fourth-order valence-electron chi connectivity index (χ4n) is 3.56. The molecule has 1 aromatic carbocycles. The Balaban J connectivity index is 0.00000280. The number of hydrogen-bond donors (Lipinski definition) is 1. The summed E-state index contributed by atoms with van der Waals surface area (Å²) in [7, 11) is 0. The van der Waals surface area contributed by atoms with Crippen molar-refractivity contribution in [1.82, 2.24) is 15.2 Å². The van der Waals surface area contributed by atoms with E-state index in [0.29, 0.717) is 6.54 Å². The summed E-state index contributed by atoms with van der Waals surface area (Å²) < 4.78 is 5.90. The lowest BCUT2D eigenvalue weighted by molar-refractivity contribution is -0.136. The first-order valence-corrected chi connectivity index (χ1v) is 9.88. The van der Waals surface area contributed by atoms with Crippen molar-refractivity contribution >= 4 is 18.3 Å². The molecule has 28 heavy (non-hydrogen) atoms. The fourth-order valence-corrected chi connectivity index (χ4v) is 3.56. The van der Waals surface area contributed by atoms with Gasteiger partial charge in [-0.05, 0) is 62.5 Å². The Hall–Kier alpha value is -2.11. The van der Waals surface area contributed by atoms with Crippen molar-refractivity contribution in [2.75, 3.05) is 19.7 Å². The Morgan fingerprint density at radius 2 is 2.00 bits per heavy atom. The second-order valence-corrected chi connectivity index (χ2v) is 6.93. The minimum Gasteiger partial charge on any atom is -0.483 e. The van der Waals surface area contributed by atoms with E-state index in [1.807, 2.05) is 47.4 Å². The van der Waals surface area contributed by atoms with Crippen LogP contribution in [-0.2, 0) is 17.8 Å². The molecule has 0 radical (unpaired) electrons. The van der Waals surface area contributed by atoms with E-state index in [2.05, 4.69) is 17.2 Å². The third kappa shape index (κ3) is 6.21. The number of aryl methyl sites for hydroxylation is 1. The number of para-hydroxylation sites is 1. The highest BCUT2D eigenvalue weighted by atomic mass is 35.5. The minimum atomic E-state index is 0. The molecule has 1 amide bonds. The highest BCUT2D eigenvalue weighted by Crippen LogP contribution is 2.20. The second-order valence-electron chi connectivity index (χ2n) is 6.93. The van der Waals surface area contributed by atoms with Crippen molar-refractivity contribution in [2.45, 2.75) is 45.2 Å². The molecule has 1 unspecified atom stereocenters. The highest BCUT2D eigenvalue weighted by Gasteiger charge is 2.25. The molecule has 1 aliphatic rings. The first-order valence-electron chi connectivity index (χ1n) is 9.88. The van der Waals surface area contributed by atoms with Gasteiger partial charge in [-0.1, -0.05) is 31.2 Å². The lowest BCUT2D eigenvalue weighted by Gasteiger charge is -2.31. The number of aromatic nitrogens is 1. The number of benzene rings is 1. The Morgan fingerprint density at radius 3 is 2.79 bits per heavy atom. The number of amides is 1. The van der Waals surface area contributed by atoms with Gasteiger partial charge >= 0.3 is 0 Å². The molecule has 6 heteroatoms. The van der Waals surface area contributed by atoms with Crippen LogP contribution in [0.5, 0.6) is 5.75 Å². The molecule has 1 aromatic heterocycles. The molecule has 1 N–H and O–H groups in total. The van der Waals surface area contributed by atoms with E-state index < -0.39 is 0 Å². The number of halogens is 1. The maximum Gasteiger partial charge on any atom is 0.261 e. The van der Waals surface area contributed by atoms with E-state index in [4.69, 9.17) is 4.74 Å². The average Bonchev–Trinajstić information content (AvgIpc) is 3.00. The van der Waals surface area contributed by atoms with Crippen LogP contribution in [-0.4, -0.2) is 41.5 Å². The van der Waals surface area contributed by atoms with Crippen LogP contribution in [0.4, 0.5) is 0 Å². The van der Waals surface area contributed by atoms with Gasteiger partial charge in [-0.2, -0.15) is 0 Å². The number of hydrogen-bond acceptors (Lipinski definition) is 4.